The second-order valence-electron chi connectivity index (χ2n) is 3.72. The van der Waals surface area contributed by atoms with Crippen LogP contribution in [0.2, 0.25) is 0 Å². The summed E-state index contributed by atoms with van der Waals surface area (Å²) in [7, 11) is 0. The molecule has 1 N–H and O–H groups in total. The third-order valence-electron chi connectivity index (χ3n) is 2.46. The normalized spacial score (nSPS) is 10.4. The highest BCUT2D eigenvalue weighted by Gasteiger charge is 2.16. The van der Waals surface area contributed by atoms with Gasteiger partial charge in [0.25, 0.3) is 0 Å². The van der Waals surface area contributed by atoms with Crippen LogP contribution < -0.4 is 4.74 Å². The van der Waals surface area contributed by atoms with E-state index < -0.39 is 11.8 Å². The number of thiophene rings is 1. The Morgan fingerprint density at radius 3 is 2.84 bits per heavy atom. The fraction of sp³-hybridized carbons (Fsp3) is 0.154. The molecule has 2 rings (SSSR count). The van der Waals surface area contributed by atoms with Gasteiger partial charge in [-0.05, 0) is 39.5 Å². The first kappa shape index (κ1) is 14.0. The van der Waals surface area contributed by atoms with Crippen molar-refractivity contribution in [3.8, 4) is 5.75 Å². The van der Waals surface area contributed by atoms with Gasteiger partial charge in [0.15, 0.2) is 11.6 Å². The zero-order chi connectivity index (χ0) is 13.8. The van der Waals surface area contributed by atoms with Crippen LogP contribution >= 0.6 is 27.3 Å². The number of carboxylic acids is 1. The van der Waals surface area contributed by atoms with Gasteiger partial charge < -0.3 is 9.84 Å². The summed E-state index contributed by atoms with van der Waals surface area (Å²) in [6.07, 6.45) is 0.690. The van der Waals surface area contributed by atoms with Gasteiger partial charge in [-0.25, -0.2) is 9.18 Å². The zero-order valence-corrected chi connectivity index (χ0v) is 12.1. The summed E-state index contributed by atoms with van der Waals surface area (Å²) in [4.78, 5) is 12.0. The first-order chi connectivity index (χ1) is 9.09. The maximum atomic E-state index is 13.9. The molecule has 0 saturated heterocycles. The van der Waals surface area contributed by atoms with E-state index in [0.717, 1.165) is 4.88 Å². The second-order valence-corrected chi connectivity index (χ2v) is 5.55. The molecule has 2 aromatic rings. The van der Waals surface area contributed by atoms with Crippen LogP contribution in [-0.4, -0.2) is 17.7 Å². The summed E-state index contributed by atoms with van der Waals surface area (Å²) in [5.74, 6) is -1.82. The molecule has 1 aromatic heterocycles. The summed E-state index contributed by atoms with van der Waals surface area (Å²) in [6.45, 7) is 0.344. The molecule has 0 aliphatic rings. The zero-order valence-electron chi connectivity index (χ0n) is 9.73. The first-order valence-electron chi connectivity index (χ1n) is 5.46. The topological polar surface area (TPSA) is 46.5 Å². The molecule has 3 nitrogen and oxygen atoms in total. The molecular weight excluding hydrogens is 335 g/mol. The molecule has 6 heteroatoms. The predicted molar refractivity (Wildman–Crippen MR) is 74.6 cm³/mol. The molecule has 0 fully saturated rings. The van der Waals surface area contributed by atoms with Gasteiger partial charge in [0.1, 0.15) is 0 Å². The highest BCUT2D eigenvalue weighted by molar-refractivity contribution is 9.10. The maximum Gasteiger partial charge on any atom is 0.336 e. The molecule has 100 valence electrons. The van der Waals surface area contributed by atoms with Crippen molar-refractivity contribution in [2.75, 3.05) is 6.61 Å². The number of rotatable bonds is 5. The lowest BCUT2D eigenvalue weighted by Crippen LogP contribution is -2.05. The summed E-state index contributed by atoms with van der Waals surface area (Å²) in [6, 6.07) is 6.57. The largest absolute Gasteiger partial charge is 0.490 e. The Hall–Kier alpha value is -1.40. The summed E-state index contributed by atoms with van der Waals surface area (Å²) < 4.78 is 19.1. The van der Waals surface area contributed by atoms with E-state index in [1.165, 1.54) is 12.1 Å². The van der Waals surface area contributed by atoms with Crippen molar-refractivity contribution in [3.05, 3.63) is 50.4 Å². The van der Waals surface area contributed by atoms with Gasteiger partial charge in [0, 0.05) is 11.3 Å². The van der Waals surface area contributed by atoms with Crippen molar-refractivity contribution in [2.24, 2.45) is 0 Å². The summed E-state index contributed by atoms with van der Waals surface area (Å²) in [5.41, 5.74) is -0.122. The monoisotopic (exact) mass is 344 g/mol. The number of halogens is 2. The van der Waals surface area contributed by atoms with E-state index in [1.54, 1.807) is 11.3 Å². The van der Waals surface area contributed by atoms with E-state index >= 15 is 0 Å². The van der Waals surface area contributed by atoms with Crippen LogP contribution in [0.15, 0.2) is 34.1 Å². The average molecular weight is 345 g/mol. The minimum atomic E-state index is -1.18. The third-order valence-corrected chi connectivity index (χ3v) is 4.17. The Balaban J connectivity index is 2.05. The molecule has 0 unspecified atom stereocenters. The molecule has 0 aliphatic carbocycles. The molecule has 0 atom stereocenters. The van der Waals surface area contributed by atoms with E-state index in [0.29, 0.717) is 13.0 Å². The molecule has 1 heterocycles. The van der Waals surface area contributed by atoms with Crippen LogP contribution in [0.5, 0.6) is 5.75 Å². The fourth-order valence-corrected chi connectivity index (χ4v) is 2.71. The smallest absolute Gasteiger partial charge is 0.336 e. The Bertz CT molecular complexity index is 584. The first-order valence-corrected chi connectivity index (χ1v) is 7.13. The van der Waals surface area contributed by atoms with Crippen LogP contribution in [-0.2, 0) is 6.42 Å². The van der Waals surface area contributed by atoms with Crippen molar-refractivity contribution in [1.29, 1.82) is 0 Å². The van der Waals surface area contributed by atoms with Crippen LogP contribution in [0.1, 0.15) is 15.2 Å². The molecule has 0 radical (unpaired) electrons. The fourth-order valence-electron chi connectivity index (χ4n) is 1.52. The predicted octanol–water partition coefficient (Wildman–Crippen LogP) is 3.97. The van der Waals surface area contributed by atoms with Crippen molar-refractivity contribution < 1.29 is 19.0 Å². The highest BCUT2D eigenvalue weighted by atomic mass is 79.9. The number of aromatic carboxylic acids is 1. The van der Waals surface area contributed by atoms with Gasteiger partial charge in [-0.3, -0.25) is 0 Å². The molecule has 1 aromatic carbocycles. The van der Waals surface area contributed by atoms with Gasteiger partial charge in [0.05, 0.1) is 16.6 Å². The van der Waals surface area contributed by atoms with E-state index in [2.05, 4.69) is 15.9 Å². The maximum absolute atomic E-state index is 13.9. The van der Waals surface area contributed by atoms with Crippen LogP contribution in [0.4, 0.5) is 4.39 Å². The highest BCUT2D eigenvalue weighted by Crippen LogP contribution is 2.28. The minimum absolute atomic E-state index is 0.0495. The lowest BCUT2D eigenvalue weighted by Gasteiger charge is -2.09. The number of benzene rings is 1. The Kier molecular flexibility index (Phi) is 4.55. The Morgan fingerprint density at radius 1 is 1.42 bits per heavy atom. The average Bonchev–Trinajstić information content (AvgIpc) is 2.87. The standard InChI is InChI=1S/C13H10BrFO3S/c14-11-9(13(16)17)3-4-10(12(11)15)18-6-5-8-2-1-7-19-8/h1-4,7H,5-6H2,(H,16,17). The van der Waals surface area contributed by atoms with Crippen molar-refractivity contribution in [1.82, 2.24) is 0 Å². The van der Waals surface area contributed by atoms with E-state index in [9.17, 15) is 9.18 Å². The van der Waals surface area contributed by atoms with E-state index in [4.69, 9.17) is 9.84 Å². The lowest BCUT2D eigenvalue weighted by molar-refractivity contribution is 0.0695. The summed E-state index contributed by atoms with van der Waals surface area (Å²) in [5, 5.41) is 10.8. The molecule has 0 bridgehead atoms. The van der Waals surface area contributed by atoms with Crippen LogP contribution in [0.25, 0.3) is 0 Å². The van der Waals surface area contributed by atoms with Crippen molar-refractivity contribution in [3.63, 3.8) is 0 Å². The van der Waals surface area contributed by atoms with Crippen molar-refractivity contribution >= 4 is 33.2 Å². The van der Waals surface area contributed by atoms with Gasteiger partial charge >= 0.3 is 5.97 Å². The van der Waals surface area contributed by atoms with E-state index in [1.807, 2.05) is 17.5 Å². The Labute approximate surface area is 121 Å². The summed E-state index contributed by atoms with van der Waals surface area (Å²) >= 11 is 4.54. The molecular formula is C13H10BrFO3S. The number of hydrogen-bond donors (Lipinski definition) is 1. The molecule has 0 saturated carbocycles. The van der Waals surface area contributed by atoms with Crippen LogP contribution in [0, 0.1) is 5.82 Å². The van der Waals surface area contributed by atoms with Crippen LogP contribution in [0.3, 0.4) is 0 Å². The lowest BCUT2D eigenvalue weighted by atomic mass is 10.2. The quantitative estimate of drug-likeness (QED) is 0.892. The number of ether oxygens (including phenoxy) is 1. The minimum Gasteiger partial charge on any atom is -0.490 e. The Morgan fingerprint density at radius 2 is 2.21 bits per heavy atom. The van der Waals surface area contributed by atoms with Crippen molar-refractivity contribution in [2.45, 2.75) is 6.42 Å². The second kappa shape index (κ2) is 6.16. The molecule has 0 aliphatic heterocycles. The van der Waals surface area contributed by atoms with Gasteiger partial charge in [-0.1, -0.05) is 6.07 Å². The molecule has 0 amide bonds. The molecule has 19 heavy (non-hydrogen) atoms. The van der Waals surface area contributed by atoms with Gasteiger partial charge in [-0.2, -0.15) is 0 Å². The van der Waals surface area contributed by atoms with Gasteiger partial charge in [0.2, 0.25) is 0 Å². The SMILES string of the molecule is O=C(O)c1ccc(OCCc2cccs2)c(F)c1Br. The number of carbonyl (C=O) groups is 1. The van der Waals surface area contributed by atoms with Gasteiger partial charge in [-0.15, -0.1) is 11.3 Å². The van der Waals surface area contributed by atoms with E-state index in [-0.39, 0.29) is 15.8 Å². The third kappa shape index (κ3) is 3.33. The molecule has 0 spiro atoms. The number of hydrogen-bond acceptors (Lipinski definition) is 3. The number of carboxylic acid groups (broad SMARTS) is 1.